The lowest BCUT2D eigenvalue weighted by Crippen LogP contribution is -2.44. The molecule has 0 saturated heterocycles. The molecule has 0 fully saturated rings. The Morgan fingerprint density at radius 2 is 1.75 bits per heavy atom. The summed E-state index contributed by atoms with van der Waals surface area (Å²) in [6.07, 6.45) is 0.760. The summed E-state index contributed by atoms with van der Waals surface area (Å²) in [5, 5.41) is 5.73. The second-order valence-corrected chi connectivity index (χ2v) is 5.97. The van der Waals surface area contributed by atoms with Crippen molar-refractivity contribution in [3.05, 3.63) is 29.8 Å². The van der Waals surface area contributed by atoms with Gasteiger partial charge in [0.25, 0.3) is 0 Å². The van der Waals surface area contributed by atoms with Gasteiger partial charge < -0.3 is 15.4 Å². The van der Waals surface area contributed by atoms with Gasteiger partial charge >= 0.3 is 0 Å². The molecule has 0 saturated carbocycles. The van der Waals surface area contributed by atoms with Crippen molar-refractivity contribution in [1.29, 1.82) is 0 Å². The van der Waals surface area contributed by atoms with E-state index in [9.17, 15) is 9.59 Å². The zero-order valence-corrected chi connectivity index (χ0v) is 15.1. The maximum absolute atomic E-state index is 12.0. The first kappa shape index (κ1) is 20.0. The number of nitrogens with zero attached hydrogens (tertiary/aromatic N) is 1. The van der Waals surface area contributed by atoms with Gasteiger partial charge in [-0.1, -0.05) is 19.1 Å². The molecule has 0 aliphatic rings. The van der Waals surface area contributed by atoms with E-state index >= 15 is 0 Å². The molecule has 2 amide bonds. The molecule has 0 aliphatic carbocycles. The first-order valence-electron chi connectivity index (χ1n) is 8.36. The van der Waals surface area contributed by atoms with Crippen LogP contribution in [-0.2, 0) is 16.0 Å². The molecule has 6 heteroatoms. The highest BCUT2D eigenvalue weighted by atomic mass is 16.5. The Labute approximate surface area is 144 Å². The highest BCUT2D eigenvalue weighted by Gasteiger charge is 2.13. The van der Waals surface area contributed by atoms with Gasteiger partial charge in [-0.05, 0) is 44.5 Å². The fourth-order valence-electron chi connectivity index (χ4n) is 2.25. The van der Waals surface area contributed by atoms with Crippen molar-refractivity contribution in [2.75, 3.05) is 33.3 Å². The topological polar surface area (TPSA) is 70.7 Å². The van der Waals surface area contributed by atoms with E-state index in [1.165, 1.54) is 0 Å². The Morgan fingerprint density at radius 3 is 2.29 bits per heavy atom. The average molecular weight is 335 g/mol. The number of rotatable bonds is 10. The van der Waals surface area contributed by atoms with Crippen molar-refractivity contribution in [2.45, 2.75) is 33.2 Å². The lowest BCUT2D eigenvalue weighted by atomic mass is 10.1. The molecule has 24 heavy (non-hydrogen) atoms. The minimum absolute atomic E-state index is 0.0575. The number of carbonyl (C=O) groups excluding carboxylic acids is 2. The van der Waals surface area contributed by atoms with Crippen LogP contribution in [0, 0.1) is 0 Å². The normalized spacial score (nSPS) is 10.8. The van der Waals surface area contributed by atoms with Crippen LogP contribution in [0.25, 0.3) is 0 Å². The molecule has 0 heterocycles. The van der Waals surface area contributed by atoms with Gasteiger partial charge in [0.1, 0.15) is 5.75 Å². The Balaban J connectivity index is 2.31. The summed E-state index contributed by atoms with van der Waals surface area (Å²) in [4.78, 5) is 25.6. The van der Waals surface area contributed by atoms with Gasteiger partial charge in [-0.3, -0.25) is 14.5 Å². The summed E-state index contributed by atoms with van der Waals surface area (Å²) in [5.74, 6) is 0.696. The summed E-state index contributed by atoms with van der Waals surface area (Å²) >= 11 is 0. The Kier molecular flexibility index (Phi) is 8.86. The number of likely N-dealkylation sites (N-methyl/N-ethyl adjacent to an activating group) is 1. The molecular weight excluding hydrogens is 306 g/mol. The number of hydrogen-bond acceptors (Lipinski definition) is 4. The summed E-state index contributed by atoms with van der Waals surface area (Å²) in [6, 6.07) is 7.89. The van der Waals surface area contributed by atoms with E-state index in [0.29, 0.717) is 13.1 Å². The summed E-state index contributed by atoms with van der Waals surface area (Å²) in [6.45, 7) is 7.46. The first-order chi connectivity index (χ1) is 11.4. The predicted octanol–water partition coefficient (Wildman–Crippen LogP) is 1.20. The number of amides is 2. The molecule has 0 unspecified atom stereocenters. The zero-order chi connectivity index (χ0) is 17.9. The predicted molar refractivity (Wildman–Crippen MR) is 95.1 cm³/mol. The number of benzene rings is 1. The molecule has 0 radical (unpaired) electrons. The van der Waals surface area contributed by atoms with Crippen LogP contribution in [-0.4, -0.2) is 56.0 Å². The molecule has 1 aromatic carbocycles. The second kappa shape index (κ2) is 10.6. The van der Waals surface area contributed by atoms with Crippen LogP contribution in [0.4, 0.5) is 0 Å². The third kappa shape index (κ3) is 7.97. The molecule has 0 aliphatic heterocycles. The van der Waals surface area contributed by atoms with Crippen LogP contribution in [0.2, 0.25) is 0 Å². The largest absolute Gasteiger partial charge is 0.497 e. The summed E-state index contributed by atoms with van der Waals surface area (Å²) < 4.78 is 5.12. The van der Waals surface area contributed by atoms with Crippen LogP contribution in [0.15, 0.2) is 24.3 Å². The number of hydrogen-bond donors (Lipinski definition) is 2. The number of carbonyl (C=O) groups is 2. The number of methoxy groups -OCH3 is 1. The monoisotopic (exact) mass is 335 g/mol. The highest BCUT2D eigenvalue weighted by Crippen LogP contribution is 2.11. The lowest BCUT2D eigenvalue weighted by Gasteiger charge is -2.20. The van der Waals surface area contributed by atoms with Gasteiger partial charge in [0, 0.05) is 12.6 Å². The van der Waals surface area contributed by atoms with Crippen LogP contribution >= 0.6 is 0 Å². The van der Waals surface area contributed by atoms with Crippen LogP contribution in [0.1, 0.15) is 26.3 Å². The third-order valence-electron chi connectivity index (χ3n) is 3.53. The zero-order valence-electron chi connectivity index (χ0n) is 15.1. The van der Waals surface area contributed by atoms with Gasteiger partial charge in [-0.2, -0.15) is 0 Å². The van der Waals surface area contributed by atoms with Gasteiger partial charge in [-0.25, -0.2) is 0 Å². The molecule has 0 atom stereocenters. The SMILES string of the molecule is CCN(CC(=O)NCCc1ccc(OC)cc1)CC(=O)NC(C)C. The van der Waals surface area contributed by atoms with Crippen molar-refractivity contribution in [1.82, 2.24) is 15.5 Å². The van der Waals surface area contributed by atoms with Crippen molar-refractivity contribution in [3.63, 3.8) is 0 Å². The van der Waals surface area contributed by atoms with E-state index < -0.39 is 0 Å². The van der Waals surface area contributed by atoms with Crippen molar-refractivity contribution < 1.29 is 14.3 Å². The van der Waals surface area contributed by atoms with Crippen LogP contribution < -0.4 is 15.4 Å². The average Bonchev–Trinajstić information content (AvgIpc) is 2.54. The van der Waals surface area contributed by atoms with E-state index in [1.54, 1.807) is 7.11 Å². The molecule has 1 aromatic rings. The molecule has 6 nitrogen and oxygen atoms in total. The van der Waals surface area contributed by atoms with Crippen molar-refractivity contribution >= 4 is 11.8 Å². The van der Waals surface area contributed by atoms with Gasteiger partial charge in [-0.15, -0.1) is 0 Å². The minimum atomic E-state index is -0.0669. The molecule has 0 bridgehead atoms. The maximum atomic E-state index is 12.0. The van der Waals surface area contributed by atoms with Gasteiger partial charge in [0.15, 0.2) is 0 Å². The summed E-state index contributed by atoms with van der Waals surface area (Å²) in [7, 11) is 1.64. The van der Waals surface area contributed by atoms with Crippen LogP contribution in [0.5, 0.6) is 5.75 Å². The Bertz CT molecular complexity index is 515. The molecule has 0 aromatic heterocycles. The Morgan fingerprint density at radius 1 is 1.12 bits per heavy atom. The molecule has 1 rings (SSSR count). The number of ether oxygens (including phenoxy) is 1. The number of nitrogens with one attached hydrogen (secondary N) is 2. The van der Waals surface area contributed by atoms with E-state index in [4.69, 9.17) is 4.74 Å². The van der Waals surface area contributed by atoms with Gasteiger partial charge in [0.05, 0.1) is 20.2 Å². The fraction of sp³-hybridized carbons (Fsp3) is 0.556. The highest BCUT2D eigenvalue weighted by molar-refractivity contribution is 5.81. The lowest BCUT2D eigenvalue weighted by molar-refractivity contribution is -0.125. The fourth-order valence-corrected chi connectivity index (χ4v) is 2.25. The van der Waals surface area contributed by atoms with Crippen LogP contribution in [0.3, 0.4) is 0 Å². The van der Waals surface area contributed by atoms with Crippen molar-refractivity contribution in [2.24, 2.45) is 0 Å². The second-order valence-electron chi connectivity index (χ2n) is 5.97. The molecule has 2 N–H and O–H groups in total. The third-order valence-corrected chi connectivity index (χ3v) is 3.53. The quantitative estimate of drug-likeness (QED) is 0.674. The molecular formula is C18H29N3O3. The summed E-state index contributed by atoms with van der Waals surface area (Å²) in [5.41, 5.74) is 1.14. The maximum Gasteiger partial charge on any atom is 0.234 e. The molecule has 134 valence electrons. The van der Waals surface area contributed by atoms with Gasteiger partial charge in [0.2, 0.25) is 11.8 Å². The van der Waals surface area contributed by atoms with E-state index in [-0.39, 0.29) is 30.9 Å². The van der Waals surface area contributed by atoms with E-state index in [2.05, 4.69) is 10.6 Å². The van der Waals surface area contributed by atoms with E-state index in [1.807, 2.05) is 49.9 Å². The van der Waals surface area contributed by atoms with E-state index in [0.717, 1.165) is 17.7 Å². The smallest absolute Gasteiger partial charge is 0.234 e. The first-order valence-corrected chi connectivity index (χ1v) is 8.36. The van der Waals surface area contributed by atoms with Crippen molar-refractivity contribution in [3.8, 4) is 5.75 Å². The molecule has 0 spiro atoms. The Hall–Kier alpha value is -2.08. The minimum Gasteiger partial charge on any atom is -0.497 e. The standard InChI is InChI=1S/C18H29N3O3/c1-5-21(13-18(23)20-14(2)3)12-17(22)19-11-10-15-6-8-16(24-4)9-7-15/h6-9,14H,5,10-13H2,1-4H3,(H,19,22)(H,20,23).